The maximum Gasteiger partial charge on any atom is 0.148 e. The van der Waals surface area contributed by atoms with E-state index in [9.17, 15) is 0 Å². The number of rotatable bonds is 6. The first-order valence-corrected chi connectivity index (χ1v) is 7.03. The van der Waals surface area contributed by atoms with E-state index in [-0.39, 0.29) is 17.5 Å². The fraction of sp³-hybridized carbons (Fsp3) is 0.385. The molecule has 20 heavy (non-hydrogen) atoms. The van der Waals surface area contributed by atoms with Gasteiger partial charge >= 0.3 is 0 Å². The van der Waals surface area contributed by atoms with Crippen molar-refractivity contribution < 1.29 is 4.74 Å². The Morgan fingerprint density at radius 3 is 2.75 bits per heavy atom. The average Bonchev–Trinajstić information content (AvgIpc) is 2.87. The van der Waals surface area contributed by atoms with Crippen LogP contribution in [0.2, 0.25) is 0 Å². The van der Waals surface area contributed by atoms with Crippen LogP contribution in [0, 0.1) is 18.3 Å². The number of halogens is 1. The van der Waals surface area contributed by atoms with E-state index in [4.69, 9.17) is 10.00 Å². The zero-order valence-corrected chi connectivity index (χ0v) is 12.6. The van der Waals surface area contributed by atoms with E-state index >= 15 is 0 Å². The number of nitrogens with zero attached hydrogens (tertiary/aromatic N) is 5. The molecule has 0 aliphatic carbocycles. The minimum Gasteiger partial charge on any atom is -0.365 e. The Hall–Kier alpha value is -1.78. The van der Waals surface area contributed by atoms with Crippen LogP contribution in [0.5, 0.6) is 0 Å². The van der Waals surface area contributed by atoms with Crippen LogP contribution in [0.25, 0.3) is 0 Å². The second kappa shape index (κ2) is 7.12. The lowest BCUT2D eigenvalue weighted by Gasteiger charge is -2.23. The van der Waals surface area contributed by atoms with Crippen molar-refractivity contribution >= 4 is 15.9 Å². The van der Waals surface area contributed by atoms with Gasteiger partial charge in [0, 0.05) is 0 Å². The number of hydrogen-bond donors (Lipinski definition) is 0. The normalized spacial score (nSPS) is 13.7. The van der Waals surface area contributed by atoms with Gasteiger partial charge in [-0.15, -0.1) is 5.10 Å². The standard InChI is InChI=1S/C13H14BrN5O/c1-10-16-17-18-19(10)13(11-5-3-2-4-6-11)12(14)9-20-8-7-15/h2-6,12-13H,8-9H2,1H3/t12-,13+/m0/s1. The van der Waals surface area contributed by atoms with Crippen LogP contribution in [-0.4, -0.2) is 38.2 Å². The Morgan fingerprint density at radius 2 is 2.15 bits per heavy atom. The van der Waals surface area contributed by atoms with Crippen LogP contribution in [0.15, 0.2) is 30.3 Å². The molecule has 2 atom stereocenters. The molecule has 0 amide bonds. The van der Waals surface area contributed by atoms with Gasteiger partial charge in [-0.3, -0.25) is 0 Å². The molecular weight excluding hydrogens is 322 g/mol. The van der Waals surface area contributed by atoms with E-state index in [1.807, 2.05) is 43.3 Å². The fourth-order valence-electron chi connectivity index (χ4n) is 1.96. The summed E-state index contributed by atoms with van der Waals surface area (Å²) in [6.45, 7) is 2.32. The quantitative estimate of drug-likeness (QED) is 0.595. The number of aromatic nitrogens is 4. The van der Waals surface area contributed by atoms with Crippen molar-refractivity contribution in [2.75, 3.05) is 13.2 Å². The Morgan fingerprint density at radius 1 is 1.40 bits per heavy atom. The van der Waals surface area contributed by atoms with E-state index in [0.29, 0.717) is 6.61 Å². The van der Waals surface area contributed by atoms with Crippen molar-refractivity contribution in [2.45, 2.75) is 17.8 Å². The van der Waals surface area contributed by atoms with Gasteiger partial charge in [-0.2, -0.15) is 5.26 Å². The predicted molar refractivity (Wildman–Crippen MR) is 76.3 cm³/mol. The summed E-state index contributed by atoms with van der Waals surface area (Å²) in [6, 6.07) is 11.8. The summed E-state index contributed by atoms with van der Waals surface area (Å²) in [4.78, 5) is -0.0413. The molecule has 2 rings (SSSR count). The summed E-state index contributed by atoms with van der Waals surface area (Å²) < 4.78 is 7.05. The molecule has 0 saturated heterocycles. The first kappa shape index (κ1) is 14.6. The maximum atomic E-state index is 8.54. The molecule has 2 aromatic rings. The molecule has 7 heteroatoms. The summed E-state index contributed by atoms with van der Waals surface area (Å²) in [5.41, 5.74) is 1.07. The van der Waals surface area contributed by atoms with Gasteiger partial charge in [0.2, 0.25) is 0 Å². The molecule has 6 nitrogen and oxygen atoms in total. The number of nitriles is 1. The zero-order chi connectivity index (χ0) is 14.4. The first-order chi connectivity index (χ1) is 9.74. The number of tetrazole rings is 1. The highest BCUT2D eigenvalue weighted by Gasteiger charge is 2.25. The molecule has 0 saturated carbocycles. The molecule has 0 N–H and O–H groups in total. The lowest BCUT2D eigenvalue weighted by molar-refractivity contribution is 0.158. The van der Waals surface area contributed by atoms with Crippen molar-refractivity contribution in [3.8, 4) is 6.07 Å². The average molecular weight is 336 g/mol. The van der Waals surface area contributed by atoms with Crippen LogP contribution < -0.4 is 0 Å². The van der Waals surface area contributed by atoms with E-state index < -0.39 is 0 Å². The Bertz CT molecular complexity index is 580. The minimum atomic E-state index is -0.0927. The van der Waals surface area contributed by atoms with Gasteiger partial charge in [0.15, 0.2) is 0 Å². The van der Waals surface area contributed by atoms with Gasteiger partial charge in [-0.05, 0) is 22.9 Å². The van der Waals surface area contributed by atoms with Crippen molar-refractivity contribution in [1.82, 2.24) is 20.2 Å². The third-order valence-corrected chi connectivity index (χ3v) is 3.61. The summed E-state index contributed by atoms with van der Waals surface area (Å²) in [5, 5.41) is 20.2. The summed E-state index contributed by atoms with van der Waals surface area (Å²) in [5.74, 6) is 0.726. The van der Waals surface area contributed by atoms with Gasteiger partial charge in [0.05, 0.1) is 23.5 Å². The summed E-state index contributed by atoms with van der Waals surface area (Å²) in [7, 11) is 0. The van der Waals surface area contributed by atoms with E-state index in [2.05, 4.69) is 31.5 Å². The topological polar surface area (TPSA) is 76.6 Å². The highest BCUT2D eigenvalue weighted by Crippen LogP contribution is 2.27. The molecule has 0 aliphatic heterocycles. The van der Waals surface area contributed by atoms with Gasteiger partial charge in [0.1, 0.15) is 12.4 Å². The molecule has 0 fully saturated rings. The molecular formula is C13H14BrN5O. The smallest absolute Gasteiger partial charge is 0.148 e. The second-order valence-corrected chi connectivity index (χ2v) is 5.39. The van der Waals surface area contributed by atoms with E-state index in [1.165, 1.54) is 0 Å². The van der Waals surface area contributed by atoms with Gasteiger partial charge in [-0.1, -0.05) is 46.3 Å². The lowest BCUT2D eigenvalue weighted by atomic mass is 10.0. The van der Waals surface area contributed by atoms with Gasteiger partial charge in [-0.25, -0.2) is 4.68 Å². The van der Waals surface area contributed by atoms with Crippen LogP contribution in [0.3, 0.4) is 0 Å². The Kier molecular flexibility index (Phi) is 5.21. The van der Waals surface area contributed by atoms with Crippen LogP contribution in [0.4, 0.5) is 0 Å². The number of benzene rings is 1. The molecule has 1 aromatic heterocycles. The molecule has 1 aromatic carbocycles. The highest BCUT2D eigenvalue weighted by molar-refractivity contribution is 9.09. The molecule has 0 radical (unpaired) electrons. The van der Waals surface area contributed by atoms with Crippen LogP contribution >= 0.6 is 15.9 Å². The summed E-state index contributed by atoms with van der Waals surface area (Å²) >= 11 is 3.62. The Balaban J connectivity index is 2.26. The highest BCUT2D eigenvalue weighted by atomic mass is 79.9. The SMILES string of the molecule is Cc1nnnn1[C@H](c1ccccc1)[C@@H](Br)COCC#N. The molecule has 0 bridgehead atoms. The molecule has 1 heterocycles. The zero-order valence-electron chi connectivity index (χ0n) is 11.0. The summed E-state index contributed by atoms with van der Waals surface area (Å²) in [6.07, 6.45) is 0. The van der Waals surface area contributed by atoms with Crippen molar-refractivity contribution in [2.24, 2.45) is 0 Å². The van der Waals surface area contributed by atoms with Gasteiger partial charge < -0.3 is 4.74 Å². The van der Waals surface area contributed by atoms with Crippen molar-refractivity contribution in [3.05, 3.63) is 41.7 Å². The Labute approximate surface area is 125 Å². The third-order valence-electron chi connectivity index (χ3n) is 2.85. The first-order valence-electron chi connectivity index (χ1n) is 6.12. The predicted octanol–water partition coefficient (Wildman–Crippen LogP) is 1.87. The largest absolute Gasteiger partial charge is 0.365 e. The van der Waals surface area contributed by atoms with Crippen LogP contribution in [-0.2, 0) is 4.74 Å². The van der Waals surface area contributed by atoms with Crippen molar-refractivity contribution in [1.29, 1.82) is 5.26 Å². The minimum absolute atomic E-state index is 0.0413. The number of ether oxygens (including phenoxy) is 1. The monoisotopic (exact) mass is 335 g/mol. The molecule has 0 spiro atoms. The second-order valence-electron chi connectivity index (χ2n) is 4.22. The third kappa shape index (κ3) is 3.40. The van der Waals surface area contributed by atoms with Crippen LogP contribution in [0.1, 0.15) is 17.4 Å². The van der Waals surface area contributed by atoms with E-state index in [1.54, 1.807) is 4.68 Å². The van der Waals surface area contributed by atoms with Crippen molar-refractivity contribution in [3.63, 3.8) is 0 Å². The molecule has 0 unspecified atom stereocenters. The lowest BCUT2D eigenvalue weighted by Crippen LogP contribution is -2.27. The fourth-order valence-corrected chi connectivity index (χ4v) is 2.67. The maximum absolute atomic E-state index is 8.54. The number of aryl methyl sites for hydroxylation is 1. The molecule has 104 valence electrons. The number of alkyl halides is 1. The molecule has 0 aliphatic rings. The van der Waals surface area contributed by atoms with Gasteiger partial charge in [0.25, 0.3) is 0 Å². The van der Waals surface area contributed by atoms with E-state index in [0.717, 1.165) is 11.4 Å². The number of hydrogen-bond acceptors (Lipinski definition) is 5.